The summed E-state index contributed by atoms with van der Waals surface area (Å²) in [5.74, 6) is 0.0514. The average Bonchev–Trinajstić information content (AvgIpc) is 2.95. The summed E-state index contributed by atoms with van der Waals surface area (Å²) in [4.78, 5) is 13.8. The number of likely N-dealkylation sites (N-methyl/N-ethyl adjacent to an activating group) is 1. The molecule has 1 unspecified atom stereocenters. The standard InChI is InChI=1S/C15H20N4O.ClH/c1-12(9-16)18(2)15(20)8-13-10-17-19(11-13)14-6-4-3-5-7-14;/h3-7,10-12H,8-9,16H2,1-2H3;1H. The van der Waals surface area contributed by atoms with Crippen molar-refractivity contribution in [3.63, 3.8) is 0 Å². The number of carbonyl (C=O) groups is 1. The second-order valence-corrected chi connectivity index (χ2v) is 4.89. The molecular weight excluding hydrogens is 288 g/mol. The van der Waals surface area contributed by atoms with Gasteiger partial charge in [0.15, 0.2) is 0 Å². The highest BCUT2D eigenvalue weighted by atomic mass is 35.5. The molecule has 2 N–H and O–H groups in total. The van der Waals surface area contributed by atoms with Gasteiger partial charge < -0.3 is 10.6 Å². The number of para-hydroxylation sites is 1. The first-order valence-electron chi connectivity index (χ1n) is 6.66. The molecule has 0 radical (unpaired) electrons. The lowest BCUT2D eigenvalue weighted by molar-refractivity contribution is -0.130. The van der Waals surface area contributed by atoms with Gasteiger partial charge in [-0.3, -0.25) is 4.79 Å². The summed E-state index contributed by atoms with van der Waals surface area (Å²) in [6.45, 7) is 2.40. The van der Waals surface area contributed by atoms with Gasteiger partial charge in [-0.2, -0.15) is 5.10 Å². The maximum Gasteiger partial charge on any atom is 0.227 e. The molecule has 1 atom stereocenters. The zero-order valence-corrected chi connectivity index (χ0v) is 13.1. The van der Waals surface area contributed by atoms with Gasteiger partial charge in [-0.05, 0) is 24.6 Å². The van der Waals surface area contributed by atoms with Crippen molar-refractivity contribution in [1.82, 2.24) is 14.7 Å². The summed E-state index contributed by atoms with van der Waals surface area (Å²) >= 11 is 0. The fraction of sp³-hybridized carbons (Fsp3) is 0.333. The predicted molar refractivity (Wildman–Crippen MR) is 85.8 cm³/mol. The van der Waals surface area contributed by atoms with Crippen molar-refractivity contribution < 1.29 is 4.79 Å². The predicted octanol–water partition coefficient (Wildman–Crippen LogP) is 1.64. The zero-order chi connectivity index (χ0) is 14.5. The van der Waals surface area contributed by atoms with Gasteiger partial charge >= 0.3 is 0 Å². The quantitative estimate of drug-likeness (QED) is 0.913. The molecule has 0 aliphatic heterocycles. The molecule has 1 amide bonds. The van der Waals surface area contributed by atoms with Gasteiger partial charge in [0.25, 0.3) is 0 Å². The van der Waals surface area contributed by atoms with E-state index in [4.69, 9.17) is 5.73 Å². The Balaban J connectivity index is 0.00000220. The number of aromatic nitrogens is 2. The van der Waals surface area contributed by atoms with Crippen LogP contribution in [0.1, 0.15) is 12.5 Å². The first-order valence-corrected chi connectivity index (χ1v) is 6.66. The third-order valence-corrected chi connectivity index (χ3v) is 3.41. The molecule has 0 spiro atoms. The van der Waals surface area contributed by atoms with Crippen LogP contribution in [0, 0.1) is 0 Å². The summed E-state index contributed by atoms with van der Waals surface area (Å²) < 4.78 is 1.77. The highest BCUT2D eigenvalue weighted by molar-refractivity contribution is 5.85. The number of nitrogens with zero attached hydrogens (tertiary/aromatic N) is 3. The minimum atomic E-state index is 0. The second-order valence-electron chi connectivity index (χ2n) is 4.89. The first kappa shape index (κ1) is 17.2. The minimum absolute atomic E-state index is 0. The van der Waals surface area contributed by atoms with E-state index < -0.39 is 0 Å². The van der Waals surface area contributed by atoms with E-state index in [2.05, 4.69) is 5.10 Å². The van der Waals surface area contributed by atoms with Crippen LogP contribution in [0.2, 0.25) is 0 Å². The number of nitrogens with two attached hydrogens (primary N) is 1. The molecule has 114 valence electrons. The van der Waals surface area contributed by atoms with E-state index in [0.29, 0.717) is 13.0 Å². The van der Waals surface area contributed by atoms with E-state index in [1.54, 1.807) is 22.8 Å². The van der Waals surface area contributed by atoms with Gasteiger partial charge in [-0.15, -0.1) is 12.4 Å². The van der Waals surface area contributed by atoms with E-state index in [0.717, 1.165) is 11.3 Å². The topological polar surface area (TPSA) is 64.2 Å². The van der Waals surface area contributed by atoms with Crippen molar-refractivity contribution in [3.8, 4) is 5.69 Å². The fourth-order valence-electron chi connectivity index (χ4n) is 1.88. The Morgan fingerprint density at radius 3 is 2.67 bits per heavy atom. The normalized spacial score (nSPS) is 11.6. The molecule has 0 fully saturated rings. The van der Waals surface area contributed by atoms with E-state index in [1.165, 1.54) is 0 Å². The molecule has 1 aromatic heterocycles. The van der Waals surface area contributed by atoms with E-state index in [-0.39, 0.29) is 24.4 Å². The molecule has 2 aromatic rings. The molecule has 1 aromatic carbocycles. The van der Waals surface area contributed by atoms with Crippen LogP contribution in [0.4, 0.5) is 0 Å². The number of carbonyl (C=O) groups excluding carboxylic acids is 1. The molecule has 6 heteroatoms. The van der Waals surface area contributed by atoms with Crippen LogP contribution in [0.5, 0.6) is 0 Å². The van der Waals surface area contributed by atoms with Crippen LogP contribution >= 0.6 is 12.4 Å². The summed E-state index contributed by atoms with van der Waals surface area (Å²) in [5, 5.41) is 4.29. The Labute approximate surface area is 131 Å². The lowest BCUT2D eigenvalue weighted by Gasteiger charge is -2.23. The van der Waals surface area contributed by atoms with E-state index in [1.807, 2.05) is 43.5 Å². The van der Waals surface area contributed by atoms with Crippen molar-refractivity contribution in [2.75, 3.05) is 13.6 Å². The minimum Gasteiger partial charge on any atom is -0.341 e. The van der Waals surface area contributed by atoms with Gasteiger partial charge in [-0.25, -0.2) is 4.68 Å². The highest BCUT2D eigenvalue weighted by Gasteiger charge is 2.15. The maximum atomic E-state index is 12.1. The summed E-state index contributed by atoms with van der Waals surface area (Å²) in [6.07, 6.45) is 3.95. The van der Waals surface area contributed by atoms with Crippen LogP contribution in [0.3, 0.4) is 0 Å². The Hall–Kier alpha value is -1.85. The smallest absolute Gasteiger partial charge is 0.227 e. The molecule has 0 saturated heterocycles. The summed E-state index contributed by atoms with van der Waals surface area (Å²) in [7, 11) is 1.78. The number of amides is 1. The molecular formula is C15H21ClN4O. The van der Waals surface area contributed by atoms with Crippen LogP contribution in [0.15, 0.2) is 42.7 Å². The molecule has 0 saturated carbocycles. The van der Waals surface area contributed by atoms with Gasteiger partial charge in [0.05, 0.1) is 18.3 Å². The Morgan fingerprint density at radius 2 is 2.05 bits per heavy atom. The molecule has 5 nitrogen and oxygen atoms in total. The molecule has 0 bridgehead atoms. The second kappa shape index (κ2) is 7.81. The van der Waals surface area contributed by atoms with Gasteiger partial charge in [0.2, 0.25) is 5.91 Å². The van der Waals surface area contributed by atoms with Crippen molar-refractivity contribution in [2.45, 2.75) is 19.4 Å². The van der Waals surface area contributed by atoms with Crippen LogP contribution in [-0.4, -0.2) is 40.2 Å². The largest absolute Gasteiger partial charge is 0.341 e. The zero-order valence-electron chi connectivity index (χ0n) is 12.3. The molecule has 0 aliphatic carbocycles. The first-order chi connectivity index (χ1) is 9.61. The maximum absolute atomic E-state index is 12.1. The third-order valence-electron chi connectivity index (χ3n) is 3.41. The highest BCUT2D eigenvalue weighted by Crippen LogP contribution is 2.09. The lowest BCUT2D eigenvalue weighted by atomic mass is 10.2. The van der Waals surface area contributed by atoms with Gasteiger partial charge in [0, 0.05) is 25.8 Å². The number of halogens is 1. The van der Waals surface area contributed by atoms with Crippen LogP contribution in [-0.2, 0) is 11.2 Å². The monoisotopic (exact) mass is 308 g/mol. The Bertz CT molecular complexity index is 570. The van der Waals surface area contributed by atoms with Gasteiger partial charge in [-0.1, -0.05) is 18.2 Å². The molecule has 1 heterocycles. The number of rotatable bonds is 5. The molecule has 21 heavy (non-hydrogen) atoms. The Morgan fingerprint density at radius 1 is 1.38 bits per heavy atom. The number of hydrogen-bond acceptors (Lipinski definition) is 3. The van der Waals surface area contributed by atoms with Gasteiger partial charge in [0.1, 0.15) is 0 Å². The average molecular weight is 309 g/mol. The van der Waals surface area contributed by atoms with Crippen LogP contribution < -0.4 is 5.73 Å². The lowest BCUT2D eigenvalue weighted by Crippen LogP contribution is -2.40. The van der Waals surface area contributed by atoms with E-state index >= 15 is 0 Å². The third kappa shape index (κ3) is 4.31. The van der Waals surface area contributed by atoms with Crippen LogP contribution in [0.25, 0.3) is 5.69 Å². The summed E-state index contributed by atoms with van der Waals surface area (Å²) in [5.41, 5.74) is 7.45. The summed E-state index contributed by atoms with van der Waals surface area (Å²) in [6, 6.07) is 9.87. The van der Waals surface area contributed by atoms with Crippen molar-refractivity contribution >= 4 is 18.3 Å². The number of benzene rings is 1. The SMILES string of the molecule is CC(CN)N(C)C(=O)Cc1cnn(-c2ccccc2)c1.Cl. The fourth-order valence-corrected chi connectivity index (χ4v) is 1.88. The Kier molecular flexibility index (Phi) is 6.39. The number of hydrogen-bond donors (Lipinski definition) is 1. The van der Waals surface area contributed by atoms with Crippen molar-refractivity contribution in [3.05, 3.63) is 48.3 Å². The van der Waals surface area contributed by atoms with Crippen molar-refractivity contribution in [1.29, 1.82) is 0 Å². The molecule has 0 aliphatic rings. The van der Waals surface area contributed by atoms with E-state index in [9.17, 15) is 4.79 Å². The molecule has 2 rings (SSSR count). The van der Waals surface area contributed by atoms with Crippen molar-refractivity contribution in [2.24, 2.45) is 5.73 Å².